The summed E-state index contributed by atoms with van der Waals surface area (Å²) in [6.07, 6.45) is 3.36. The van der Waals surface area contributed by atoms with Crippen LogP contribution in [0, 0.1) is 12.7 Å². The van der Waals surface area contributed by atoms with E-state index in [1.54, 1.807) is 36.7 Å². The molecule has 0 fully saturated rings. The van der Waals surface area contributed by atoms with Gasteiger partial charge in [-0.25, -0.2) is 9.37 Å². The van der Waals surface area contributed by atoms with Crippen molar-refractivity contribution in [3.8, 4) is 5.75 Å². The highest BCUT2D eigenvalue weighted by atomic mass is 32.1. The summed E-state index contributed by atoms with van der Waals surface area (Å²) >= 11 is 1.27. The second-order valence-electron chi connectivity index (χ2n) is 6.53. The Morgan fingerprint density at radius 1 is 1.17 bits per heavy atom. The topological polar surface area (TPSA) is 55.3 Å². The highest BCUT2D eigenvalue weighted by Crippen LogP contribution is 2.31. The van der Waals surface area contributed by atoms with Crippen molar-refractivity contribution in [1.82, 2.24) is 9.97 Å². The van der Waals surface area contributed by atoms with Crippen LogP contribution in [0.25, 0.3) is 10.2 Å². The molecular weight excluding hydrogens is 389 g/mol. The zero-order valence-electron chi connectivity index (χ0n) is 15.7. The third kappa shape index (κ3) is 4.41. The van der Waals surface area contributed by atoms with Gasteiger partial charge in [-0.05, 0) is 48.4 Å². The van der Waals surface area contributed by atoms with E-state index >= 15 is 0 Å². The minimum atomic E-state index is -0.408. The lowest BCUT2D eigenvalue weighted by molar-refractivity contribution is -0.120. The van der Waals surface area contributed by atoms with E-state index < -0.39 is 5.82 Å². The normalized spacial score (nSPS) is 10.8. The van der Waals surface area contributed by atoms with Gasteiger partial charge in [-0.2, -0.15) is 0 Å². The summed E-state index contributed by atoms with van der Waals surface area (Å²) < 4.78 is 20.5. The maximum absolute atomic E-state index is 14.1. The summed E-state index contributed by atoms with van der Waals surface area (Å²) in [6, 6.07) is 16.0. The van der Waals surface area contributed by atoms with E-state index in [0.717, 1.165) is 11.1 Å². The molecule has 0 N–H and O–H groups in total. The van der Waals surface area contributed by atoms with E-state index in [4.69, 9.17) is 4.74 Å². The lowest BCUT2D eigenvalue weighted by Crippen LogP contribution is -2.34. The van der Waals surface area contributed by atoms with Crippen LogP contribution in [-0.2, 0) is 11.3 Å². The molecule has 29 heavy (non-hydrogen) atoms. The number of benzene rings is 2. The first-order valence-corrected chi connectivity index (χ1v) is 9.85. The molecule has 4 aromatic rings. The first kappa shape index (κ1) is 19.0. The third-order valence-corrected chi connectivity index (χ3v) is 5.35. The predicted molar refractivity (Wildman–Crippen MR) is 112 cm³/mol. The molecule has 0 saturated heterocycles. The number of halogens is 1. The minimum absolute atomic E-state index is 0.151. The fourth-order valence-electron chi connectivity index (χ4n) is 2.88. The second kappa shape index (κ2) is 8.36. The maximum atomic E-state index is 14.1. The number of anilines is 1. The van der Waals surface area contributed by atoms with E-state index in [2.05, 4.69) is 9.97 Å². The van der Waals surface area contributed by atoms with Gasteiger partial charge < -0.3 is 4.74 Å². The number of amides is 1. The van der Waals surface area contributed by atoms with Crippen LogP contribution in [0.15, 0.2) is 67.0 Å². The molecule has 0 atom stereocenters. The average molecular weight is 407 g/mol. The van der Waals surface area contributed by atoms with E-state index in [-0.39, 0.29) is 24.6 Å². The molecular formula is C22H18FN3O2S. The van der Waals surface area contributed by atoms with Gasteiger partial charge in [0.1, 0.15) is 17.1 Å². The number of aromatic nitrogens is 2. The van der Waals surface area contributed by atoms with Gasteiger partial charge in [0.2, 0.25) is 0 Å². The Hall–Kier alpha value is -3.32. The Morgan fingerprint density at radius 3 is 2.79 bits per heavy atom. The van der Waals surface area contributed by atoms with E-state index in [1.165, 1.54) is 22.3 Å². The van der Waals surface area contributed by atoms with Crippen LogP contribution in [0.4, 0.5) is 9.52 Å². The molecule has 146 valence electrons. The summed E-state index contributed by atoms with van der Waals surface area (Å²) in [5.41, 5.74) is 2.15. The Balaban J connectivity index is 1.62. The first-order valence-electron chi connectivity index (χ1n) is 9.04. The maximum Gasteiger partial charge on any atom is 0.267 e. The largest absolute Gasteiger partial charge is 0.484 e. The zero-order chi connectivity index (χ0) is 20.2. The standard InChI is InChI=1S/C22H18FN3O2S/c1-15-5-2-7-17(11-15)28-14-20(27)26(13-16-6-4-10-24-12-16)22-25-21-18(23)8-3-9-19(21)29-22/h2-12H,13-14H2,1H3. The summed E-state index contributed by atoms with van der Waals surface area (Å²) in [4.78, 5) is 23.0. The van der Waals surface area contributed by atoms with Gasteiger partial charge >= 0.3 is 0 Å². The van der Waals surface area contributed by atoms with Gasteiger partial charge in [0.15, 0.2) is 11.7 Å². The van der Waals surface area contributed by atoms with Crippen LogP contribution in [0.3, 0.4) is 0 Å². The average Bonchev–Trinajstić information content (AvgIpc) is 3.16. The Kier molecular flexibility index (Phi) is 5.48. The number of carbonyl (C=O) groups excluding carboxylic acids is 1. The first-order chi connectivity index (χ1) is 14.1. The summed E-state index contributed by atoms with van der Waals surface area (Å²) in [7, 11) is 0. The van der Waals surface area contributed by atoms with Crippen molar-refractivity contribution in [2.24, 2.45) is 0 Å². The SMILES string of the molecule is Cc1cccc(OCC(=O)N(Cc2cccnc2)c2nc3c(F)cccc3s2)c1. The Bertz CT molecular complexity index is 1150. The van der Waals surface area contributed by atoms with Crippen LogP contribution in [0.1, 0.15) is 11.1 Å². The molecule has 4 rings (SSSR count). The third-order valence-electron chi connectivity index (χ3n) is 4.31. The van der Waals surface area contributed by atoms with Crippen molar-refractivity contribution in [1.29, 1.82) is 0 Å². The number of nitrogens with zero attached hydrogens (tertiary/aromatic N) is 3. The number of aryl methyl sites for hydroxylation is 1. The predicted octanol–water partition coefficient (Wildman–Crippen LogP) is 4.75. The fraction of sp³-hybridized carbons (Fsp3) is 0.136. The van der Waals surface area contributed by atoms with Crippen molar-refractivity contribution < 1.29 is 13.9 Å². The summed E-state index contributed by atoms with van der Waals surface area (Å²) in [5.74, 6) is -0.0559. The van der Waals surface area contributed by atoms with E-state index in [1.807, 2.05) is 31.2 Å². The number of carbonyl (C=O) groups is 1. The Labute approximate surface area is 171 Å². The molecule has 7 heteroatoms. The number of hydrogen-bond donors (Lipinski definition) is 0. The highest BCUT2D eigenvalue weighted by molar-refractivity contribution is 7.22. The number of ether oxygens (including phenoxy) is 1. The summed E-state index contributed by atoms with van der Waals surface area (Å²) in [5, 5.41) is 0.423. The molecule has 0 aliphatic carbocycles. The summed E-state index contributed by atoms with van der Waals surface area (Å²) in [6.45, 7) is 2.08. The van der Waals surface area contributed by atoms with Gasteiger partial charge in [0.25, 0.3) is 5.91 Å². The number of rotatable bonds is 6. The van der Waals surface area contributed by atoms with Crippen LogP contribution in [0.5, 0.6) is 5.75 Å². The molecule has 0 aliphatic heterocycles. The van der Waals surface area contributed by atoms with Gasteiger partial charge in [-0.15, -0.1) is 0 Å². The van der Waals surface area contributed by atoms with Crippen LogP contribution in [-0.4, -0.2) is 22.5 Å². The fourth-order valence-corrected chi connectivity index (χ4v) is 3.88. The number of pyridine rings is 1. The van der Waals surface area contributed by atoms with E-state index in [9.17, 15) is 9.18 Å². The molecule has 2 aromatic heterocycles. The molecule has 0 aliphatic rings. The lowest BCUT2D eigenvalue weighted by atomic mass is 10.2. The van der Waals surface area contributed by atoms with Crippen LogP contribution < -0.4 is 9.64 Å². The molecule has 2 aromatic carbocycles. The molecule has 0 spiro atoms. The monoisotopic (exact) mass is 407 g/mol. The second-order valence-corrected chi connectivity index (χ2v) is 7.54. The minimum Gasteiger partial charge on any atom is -0.484 e. The van der Waals surface area contributed by atoms with Gasteiger partial charge in [0.05, 0.1) is 11.2 Å². The van der Waals surface area contributed by atoms with E-state index in [0.29, 0.717) is 15.6 Å². The van der Waals surface area contributed by atoms with Crippen LogP contribution >= 0.6 is 11.3 Å². The van der Waals surface area contributed by atoms with Gasteiger partial charge in [-0.1, -0.05) is 35.6 Å². The Morgan fingerprint density at radius 2 is 2.03 bits per heavy atom. The zero-order valence-corrected chi connectivity index (χ0v) is 16.5. The molecule has 0 saturated carbocycles. The number of para-hydroxylation sites is 1. The lowest BCUT2D eigenvalue weighted by Gasteiger charge is -2.20. The number of fused-ring (bicyclic) bond motifs is 1. The highest BCUT2D eigenvalue weighted by Gasteiger charge is 2.22. The molecule has 1 amide bonds. The van der Waals surface area contributed by atoms with Gasteiger partial charge in [-0.3, -0.25) is 14.7 Å². The molecule has 0 unspecified atom stereocenters. The smallest absolute Gasteiger partial charge is 0.267 e. The molecule has 0 radical (unpaired) electrons. The van der Waals surface area contributed by atoms with Crippen molar-refractivity contribution >= 4 is 32.6 Å². The van der Waals surface area contributed by atoms with Crippen LogP contribution in [0.2, 0.25) is 0 Å². The molecule has 0 bridgehead atoms. The van der Waals surface area contributed by atoms with Gasteiger partial charge in [0, 0.05) is 12.4 Å². The number of thiazole rings is 1. The van der Waals surface area contributed by atoms with Crippen molar-refractivity contribution in [2.45, 2.75) is 13.5 Å². The quantitative estimate of drug-likeness (QED) is 0.463. The number of hydrogen-bond acceptors (Lipinski definition) is 5. The molecule has 5 nitrogen and oxygen atoms in total. The van der Waals surface area contributed by atoms with Crippen molar-refractivity contribution in [3.63, 3.8) is 0 Å². The molecule has 2 heterocycles. The van der Waals surface area contributed by atoms with Crippen molar-refractivity contribution in [3.05, 3.63) is 83.9 Å². The van der Waals surface area contributed by atoms with Crippen molar-refractivity contribution in [2.75, 3.05) is 11.5 Å².